The molecular weight excluding hydrogens is 372 g/mol. The highest BCUT2D eigenvalue weighted by atomic mass is 32.2. The number of pyridine rings is 1. The van der Waals surface area contributed by atoms with Gasteiger partial charge in [-0.3, -0.25) is 13.9 Å². The highest BCUT2D eigenvalue weighted by Gasteiger charge is 2.17. The van der Waals surface area contributed by atoms with Gasteiger partial charge in [0.15, 0.2) is 5.82 Å². The number of nitrogens with zero attached hydrogens (tertiary/aromatic N) is 4. The van der Waals surface area contributed by atoms with E-state index in [1.54, 1.807) is 11.9 Å². The van der Waals surface area contributed by atoms with E-state index >= 15 is 0 Å². The Hall–Kier alpha value is -2.09. The summed E-state index contributed by atoms with van der Waals surface area (Å²) in [6.45, 7) is 7.51. The van der Waals surface area contributed by atoms with Gasteiger partial charge in [-0.25, -0.2) is 4.98 Å². The molecular formula is C21H26N4O2S. The van der Waals surface area contributed by atoms with Crippen molar-refractivity contribution < 1.29 is 9.47 Å². The number of ether oxygens (including phenoxy) is 2. The normalized spacial score (nSPS) is 15.2. The van der Waals surface area contributed by atoms with Crippen LogP contribution in [0.4, 0.5) is 0 Å². The first-order valence-electron chi connectivity index (χ1n) is 9.69. The van der Waals surface area contributed by atoms with E-state index in [4.69, 9.17) is 14.5 Å². The zero-order valence-corrected chi connectivity index (χ0v) is 17.2. The summed E-state index contributed by atoms with van der Waals surface area (Å²) in [7, 11) is 0. The average molecular weight is 399 g/mol. The summed E-state index contributed by atoms with van der Waals surface area (Å²) in [5.41, 5.74) is 3.98. The van der Waals surface area contributed by atoms with Crippen LogP contribution in [0.2, 0.25) is 0 Å². The molecule has 6 nitrogen and oxygen atoms in total. The van der Waals surface area contributed by atoms with Crippen molar-refractivity contribution in [1.29, 1.82) is 0 Å². The highest BCUT2D eigenvalue weighted by Crippen LogP contribution is 2.32. The lowest BCUT2D eigenvalue weighted by Gasteiger charge is -2.26. The molecule has 1 aliphatic rings. The Labute approximate surface area is 170 Å². The van der Waals surface area contributed by atoms with Gasteiger partial charge in [0.25, 0.3) is 0 Å². The SMILES string of the molecule is CSn1c(-c2nccc(OCCCN3CCOCC3)c2C)nc2ccccc21. The maximum absolute atomic E-state index is 6.10. The van der Waals surface area contributed by atoms with Crippen LogP contribution in [0.25, 0.3) is 22.6 Å². The zero-order valence-electron chi connectivity index (χ0n) is 16.4. The van der Waals surface area contributed by atoms with Gasteiger partial charge in [-0.05, 0) is 43.5 Å². The van der Waals surface area contributed by atoms with Gasteiger partial charge in [-0.2, -0.15) is 0 Å². The van der Waals surface area contributed by atoms with E-state index in [2.05, 4.69) is 33.1 Å². The van der Waals surface area contributed by atoms with E-state index in [1.807, 2.05) is 30.5 Å². The second-order valence-electron chi connectivity index (χ2n) is 6.84. The summed E-state index contributed by atoms with van der Waals surface area (Å²) >= 11 is 1.64. The van der Waals surface area contributed by atoms with Crippen molar-refractivity contribution in [3.63, 3.8) is 0 Å². The molecule has 0 amide bonds. The molecule has 0 N–H and O–H groups in total. The first-order valence-corrected chi connectivity index (χ1v) is 10.9. The molecule has 0 atom stereocenters. The number of hydrogen-bond acceptors (Lipinski definition) is 6. The monoisotopic (exact) mass is 398 g/mol. The van der Waals surface area contributed by atoms with Gasteiger partial charge < -0.3 is 9.47 Å². The van der Waals surface area contributed by atoms with Crippen molar-refractivity contribution in [3.8, 4) is 17.3 Å². The number of para-hydroxylation sites is 2. The van der Waals surface area contributed by atoms with Gasteiger partial charge in [0.05, 0.1) is 30.9 Å². The minimum atomic E-state index is 0.695. The topological polar surface area (TPSA) is 52.4 Å². The summed E-state index contributed by atoms with van der Waals surface area (Å²) in [6.07, 6.45) is 4.86. The Morgan fingerprint density at radius 3 is 2.82 bits per heavy atom. The molecule has 3 heterocycles. The number of aromatic nitrogens is 3. The lowest BCUT2D eigenvalue weighted by Crippen LogP contribution is -2.37. The second-order valence-corrected chi connectivity index (χ2v) is 7.57. The summed E-state index contributed by atoms with van der Waals surface area (Å²) < 4.78 is 13.6. The number of imidazole rings is 1. The van der Waals surface area contributed by atoms with Gasteiger partial charge >= 0.3 is 0 Å². The maximum Gasteiger partial charge on any atom is 0.170 e. The molecule has 0 bridgehead atoms. The van der Waals surface area contributed by atoms with Gasteiger partial charge in [-0.1, -0.05) is 12.1 Å². The molecule has 3 aromatic rings. The van der Waals surface area contributed by atoms with E-state index in [0.717, 1.165) is 73.1 Å². The predicted molar refractivity (Wildman–Crippen MR) is 114 cm³/mol. The molecule has 1 aliphatic heterocycles. The van der Waals surface area contributed by atoms with Crippen molar-refractivity contribution in [2.24, 2.45) is 0 Å². The van der Waals surface area contributed by atoms with Crippen LogP contribution in [0, 0.1) is 6.92 Å². The third-order valence-electron chi connectivity index (χ3n) is 5.05. The number of morpholine rings is 1. The van der Waals surface area contributed by atoms with Gasteiger partial charge in [-0.15, -0.1) is 0 Å². The Morgan fingerprint density at radius 2 is 2.00 bits per heavy atom. The molecule has 0 aliphatic carbocycles. The molecule has 1 fully saturated rings. The molecule has 0 radical (unpaired) electrons. The van der Waals surface area contributed by atoms with Gasteiger partial charge in [0.2, 0.25) is 0 Å². The van der Waals surface area contributed by atoms with Crippen LogP contribution in [0.15, 0.2) is 36.5 Å². The molecule has 2 aromatic heterocycles. The first-order chi connectivity index (χ1) is 13.8. The smallest absolute Gasteiger partial charge is 0.170 e. The molecule has 148 valence electrons. The lowest BCUT2D eigenvalue weighted by molar-refractivity contribution is 0.0358. The Bertz CT molecular complexity index is 937. The van der Waals surface area contributed by atoms with E-state index in [9.17, 15) is 0 Å². The molecule has 1 saturated heterocycles. The van der Waals surface area contributed by atoms with Crippen LogP contribution >= 0.6 is 11.9 Å². The Morgan fingerprint density at radius 1 is 1.18 bits per heavy atom. The lowest BCUT2D eigenvalue weighted by atomic mass is 10.2. The van der Waals surface area contributed by atoms with Crippen molar-refractivity contribution in [2.45, 2.75) is 13.3 Å². The maximum atomic E-state index is 6.10. The summed E-state index contributed by atoms with van der Waals surface area (Å²) in [5, 5.41) is 0. The standard InChI is InChI=1S/C21H26N4O2S/c1-16-19(27-13-5-10-24-11-14-26-15-12-24)8-9-22-20(16)21-23-17-6-3-4-7-18(17)25(21)28-2/h3-4,6-9H,5,10-15H2,1-2H3. The fourth-order valence-corrected chi connectivity index (χ4v) is 4.18. The highest BCUT2D eigenvalue weighted by molar-refractivity contribution is 7.97. The Balaban J connectivity index is 1.49. The fourth-order valence-electron chi connectivity index (χ4n) is 3.53. The summed E-state index contributed by atoms with van der Waals surface area (Å²) in [5.74, 6) is 1.75. The molecule has 7 heteroatoms. The van der Waals surface area contributed by atoms with Gasteiger partial charge in [0, 0.05) is 37.7 Å². The number of fused-ring (bicyclic) bond motifs is 1. The predicted octanol–water partition coefficient (Wildman–Crippen LogP) is 3.63. The number of rotatable bonds is 7. The van der Waals surface area contributed by atoms with Crippen molar-refractivity contribution in [1.82, 2.24) is 18.8 Å². The number of benzene rings is 1. The van der Waals surface area contributed by atoms with Crippen molar-refractivity contribution >= 4 is 23.0 Å². The third-order valence-corrected chi connectivity index (χ3v) is 5.78. The molecule has 4 rings (SSSR count). The van der Waals surface area contributed by atoms with Crippen LogP contribution in [0.5, 0.6) is 5.75 Å². The molecule has 1 aromatic carbocycles. The van der Waals surface area contributed by atoms with Crippen LogP contribution in [-0.4, -0.2) is 64.6 Å². The second kappa shape index (κ2) is 8.94. The van der Waals surface area contributed by atoms with Crippen molar-refractivity contribution in [3.05, 3.63) is 42.1 Å². The third kappa shape index (κ3) is 4.01. The Kier molecular flexibility index (Phi) is 6.14. The van der Waals surface area contributed by atoms with Crippen LogP contribution in [-0.2, 0) is 4.74 Å². The molecule has 0 unspecified atom stereocenters. The van der Waals surface area contributed by atoms with Crippen molar-refractivity contribution in [2.75, 3.05) is 45.7 Å². The van der Waals surface area contributed by atoms with Crippen LogP contribution in [0.1, 0.15) is 12.0 Å². The van der Waals surface area contributed by atoms with Gasteiger partial charge in [0.1, 0.15) is 11.4 Å². The first kappa shape index (κ1) is 19.2. The van der Waals surface area contributed by atoms with Crippen LogP contribution < -0.4 is 4.74 Å². The molecule has 0 saturated carbocycles. The largest absolute Gasteiger partial charge is 0.493 e. The van der Waals surface area contributed by atoms with E-state index in [0.29, 0.717) is 6.61 Å². The quantitative estimate of drug-likeness (QED) is 0.567. The molecule has 28 heavy (non-hydrogen) atoms. The zero-order chi connectivity index (χ0) is 19.3. The van der Waals surface area contributed by atoms with Crippen LogP contribution in [0.3, 0.4) is 0 Å². The molecule has 0 spiro atoms. The minimum Gasteiger partial charge on any atom is -0.493 e. The van der Waals surface area contributed by atoms with E-state index in [1.165, 1.54) is 0 Å². The summed E-state index contributed by atoms with van der Waals surface area (Å²) in [6, 6.07) is 10.1. The summed E-state index contributed by atoms with van der Waals surface area (Å²) in [4.78, 5) is 11.9. The fraction of sp³-hybridized carbons (Fsp3) is 0.429. The average Bonchev–Trinajstić information content (AvgIpc) is 3.11. The van der Waals surface area contributed by atoms with E-state index in [-0.39, 0.29) is 0 Å². The van der Waals surface area contributed by atoms with E-state index < -0.39 is 0 Å². The minimum absolute atomic E-state index is 0.695. The number of hydrogen-bond donors (Lipinski definition) is 0.